The zero-order valence-electron chi connectivity index (χ0n) is 12.3. The van der Waals surface area contributed by atoms with E-state index in [1.165, 1.54) is 32.1 Å². The second-order valence-electron chi connectivity index (χ2n) is 6.12. The van der Waals surface area contributed by atoms with Crippen LogP contribution in [0, 0.1) is 13.8 Å². The first-order valence-electron chi connectivity index (χ1n) is 7.53. The van der Waals surface area contributed by atoms with Gasteiger partial charge in [-0.25, -0.2) is 4.98 Å². The molecule has 19 heavy (non-hydrogen) atoms. The first-order chi connectivity index (χ1) is 9.17. The van der Waals surface area contributed by atoms with Gasteiger partial charge in [0.05, 0.1) is 12.2 Å². The molecule has 1 N–H and O–H groups in total. The van der Waals surface area contributed by atoms with Gasteiger partial charge in [0.2, 0.25) is 5.89 Å². The summed E-state index contributed by atoms with van der Waals surface area (Å²) in [5, 5.41) is 3.46. The number of fused-ring (bicyclic) bond motifs is 2. The van der Waals surface area contributed by atoms with Gasteiger partial charge in [-0.2, -0.15) is 0 Å². The fraction of sp³-hybridized carbons (Fsp3) is 0.800. The topological polar surface area (TPSA) is 41.3 Å². The van der Waals surface area contributed by atoms with E-state index in [4.69, 9.17) is 4.42 Å². The van der Waals surface area contributed by atoms with Gasteiger partial charge < -0.3 is 9.73 Å². The zero-order valence-corrected chi connectivity index (χ0v) is 12.3. The lowest BCUT2D eigenvalue weighted by Gasteiger charge is -2.48. The van der Waals surface area contributed by atoms with Crippen LogP contribution in [0.2, 0.25) is 0 Å². The summed E-state index contributed by atoms with van der Waals surface area (Å²) in [6.07, 6.45) is 6.57. The van der Waals surface area contributed by atoms with E-state index in [9.17, 15) is 0 Å². The Morgan fingerprint density at radius 3 is 2.47 bits per heavy atom. The Morgan fingerprint density at radius 2 is 1.95 bits per heavy atom. The molecule has 0 spiro atoms. The summed E-state index contributed by atoms with van der Waals surface area (Å²) in [4.78, 5) is 7.19. The molecule has 0 radical (unpaired) electrons. The van der Waals surface area contributed by atoms with Crippen LogP contribution in [0.15, 0.2) is 4.42 Å². The molecule has 0 aliphatic carbocycles. The summed E-state index contributed by atoms with van der Waals surface area (Å²) in [5.74, 6) is 1.86. The van der Waals surface area contributed by atoms with Crippen molar-refractivity contribution < 1.29 is 4.42 Å². The highest BCUT2D eigenvalue weighted by atomic mass is 16.4. The van der Waals surface area contributed by atoms with E-state index >= 15 is 0 Å². The number of aromatic nitrogens is 1. The van der Waals surface area contributed by atoms with Gasteiger partial charge in [-0.05, 0) is 46.6 Å². The van der Waals surface area contributed by atoms with Gasteiger partial charge in [0.1, 0.15) is 5.76 Å². The fourth-order valence-electron chi connectivity index (χ4n) is 3.74. The highest BCUT2D eigenvalue weighted by Crippen LogP contribution is 2.35. The van der Waals surface area contributed by atoms with E-state index in [1.807, 2.05) is 13.8 Å². The lowest BCUT2D eigenvalue weighted by molar-refractivity contribution is 0.0126. The fourth-order valence-corrected chi connectivity index (χ4v) is 3.74. The first kappa shape index (κ1) is 13.1. The van der Waals surface area contributed by atoms with Gasteiger partial charge in [0.15, 0.2) is 0 Å². The van der Waals surface area contributed by atoms with Gasteiger partial charge in [-0.3, -0.25) is 4.90 Å². The monoisotopic (exact) mass is 263 g/mol. The zero-order chi connectivity index (χ0) is 13.4. The van der Waals surface area contributed by atoms with Crippen molar-refractivity contribution in [3.8, 4) is 0 Å². The molecule has 2 fully saturated rings. The molecule has 1 aromatic rings. The molecule has 2 bridgehead atoms. The molecule has 2 atom stereocenters. The molecule has 2 aliphatic heterocycles. The average molecular weight is 263 g/mol. The van der Waals surface area contributed by atoms with Crippen molar-refractivity contribution in [2.75, 3.05) is 7.05 Å². The molecule has 106 valence electrons. The lowest BCUT2D eigenvalue weighted by atomic mass is 9.82. The van der Waals surface area contributed by atoms with Gasteiger partial charge in [-0.1, -0.05) is 6.42 Å². The molecule has 0 amide bonds. The van der Waals surface area contributed by atoms with Crippen molar-refractivity contribution in [1.29, 1.82) is 0 Å². The normalized spacial score (nSPS) is 31.6. The number of hydrogen-bond acceptors (Lipinski definition) is 4. The Bertz CT molecular complexity index is 409. The van der Waals surface area contributed by atoms with Crippen molar-refractivity contribution in [2.45, 2.75) is 70.6 Å². The second kappa shape index (κ2) is 5.25. The molecule has 4 heteroatoms. The molecule has 3 rings (SSSR count). The number of oxazole rings is 1. The molecule has 0 saturated carbocycles. The van der Waals surface area contributed by atoms with Crippen molar-refractivity contribution in [1.82, 2.24) is 15.2 Å². The maximum atomic E-state index is 5.77. The minimum atomic E-state index is 0.694. The van der Waals surface area contributed by atoms with Gasteiger partial charge in [0.25, 0.3) is 0 Å². The predicted molar refractivity (Wildman–Crippen MR) is 75.0 cm³/mol. The number of aryl methyl sites for hydroxylation is 2. The van der Waals surface area contributed by atoms with Crippen LogP contribution in [-0.2, 0) is 6.54 Å². The number of nitrogens with one attached hydrogen (secondary N) is 1. The van der Waals surface area contributed by atoms with Gasteiger partial charge >= 0.3 is 0 Å². The number of rotatable bonds is 3. The smallest absolute Gasteiger partial charge is 0.208 e. The molecule has 4 nitrogen and oxygen atoms in total. The van der Waals surface area contributed by atoms with E-state index in [-0.39, 0.29) is 0 Å². The summed E-state index contributed by atoms with van der Waals surface area (Å²) in [5.41, 5.74) is 1.03. The molecule has 0 aromatic carbocycles. The molecule has 3 heterocycles. The molecule has 2 saturated heterocycles. The molecule has 2 aliphatic rings. The standard InChI is InChI=1S/C15H25N3O/c1-10-11(2)19-15(17-10)9-18-13-5-4-6-14(18)8-12(7-13)16-3/h12-14,16H,4-9H2,1-3H3. The highest BCUT2D eigenvalue weighted by Gasteiger charge is 2.38. The van der Waals surface area contributed by atoms with Crippen LogP contribution < -0.4 is 5.32 Å². The summed E-state index contributed by atoms with van der Waals surface area (Å²) < 4.78 is 5.77. The number of nitrogens with zero attached hydrogens (tertiary/aromatic N) is 2. The van der Waals surface area contributed by atoms with Crippen LogP contribution in [0.25, 0.3) is 0 Å². The Hall–Kier alpha value is -0.870. The van der Waals surface area contributed by atoms with Crippen LogP contribution in [0.4, 0.5) is 0 Å². The lowest BCUT2D eigenvalue weighted by Crippen LogP contribution is -2.55. The minimum absolute atomic E-state index is 0.694. The first-order valence-corrected chi connectivity index (χ1v) is 7.53. The molecular formula is C15H25N3O. The summed E-state index contributed by atoms with van der Waals surface area (Å²) >= 11 is 0. The predicted octanol–water partition coefficient (Wildman–Crippen LogP) is 2.40. The Morgan fingerprint density at radius 1 is 1.26 bits per heavy atom. The van der Waals surface area contributed by atoms with Crippen molar-refractivity contribution >= 4 is 0 Å². The SMILES string of the molecule is CNC1CC2CCCC(C1)N2Cc1nc(C)c(C)o1. The second-order valence-corrected chi connectivity index (χ2v) is 6.12. The summed E-state index contributed by atoms with van der Waals surface area (Å²) in [6, 6.07) is 2.11. The average Bonchev–Trinajstić information content (AvgIpc) is 2.68. The maximum absolute atomic E-state index is 5.77. The van der Waals surface area contributed by atoms with Gasteiger partial charge in [-0.15, -0.1) is 0 Å². The molecule has 2 unspecified atom stereocenters. The third-order valence-electron chi connectivity index (χ3n) is 4.92. The van der Waals surface area contributed by atoms with Crippen LogP contribution in [0.5, 0.6) is 0 Å². The summed E-state index contributed by atoms with van der Waals surface area (Å²) in [7, 11) is 2.09. The van der Waals surface area contributed by atoms with E-state index < -0.39 is 0 Å². The van der Waals surface area contributed by atoms with E-state index in [1.54, 1.807) is 0 Å². The third-order valence-corrected chi connectivity index (χ3v) is 4.92. The van der Waals surface area contributed by atoms with Crippen LogP contribution in [-0.4, -0.2) is 35.1 Å². The van der Waals surface area contributed by atoms with E-state index in [0.717, 1.165) is 23.9 Å². The molecule has 1 aromatic heterocycles. The van der Waals surface area contributed by atoms with E-state index in [2.05, 4.69) is 22.2 Å². The maximum Gasteiger partial charge on any atom is 0.208 e. The van der Waals surface area contributed by atoms with Crippen molar-refractivity contribution in [3.05, 3.63) is 17.3 Å². The van der Waals surface area contributed by atoms with Crippen molar-refractivity contribution in [2.24, 2.45) is 0 Å². The third kappa shape index (κ3) is 2.56. The Kier molecular flexibility index (Phi) is 3.63. The van der Waals surface area contributed by atoms with Crippen molar-refractivity contribution in [3.63, 3.8) is 0 Å². The van der Waals surface area contributed by atoms with E-state index in [0.29, 0.717) is 18.1 Å². The Balaban J connectivity index is 1.73. The Labute approximate surface area is 115 Å². The van der Waals surface area contributed by atoms with Gasteiger partial charge in [0, 0.05) is 18.1 Å². The highest BCUT2D eigenvalue weighted by molar-refractivity contribution is 5.06. The largest absolute Gasteiger partial charge is 0.444 e. The quantitative estimate of drug-likeness (QED) is 0.909. The number of hydrogen-bond donors (Lipinski definition) is 1. The van der Waals surface area contributed by atoms with Crippen LogP contribution in [0.1, 0.15) is 49.4 Å². The number of piperidine rings is 2. The van der Waals surface area contributed by atoms with Crippen LogP contribution >= 0.6 is 0 Å². The summed E-state index contributed by atoms with van der Waals surface area (Å²) in [6.45, 7) is 4.91. The van der Waals surface area contributed by atoms with Crippen LogP contribution in [0.3, 0.4) is 0 Å². The molecular weight excluding hydrogens is 238 g/mol. The minimum Gasteiger partial charge on any atom is -0.444 e.